The van der Waals surface area contributed by atoms with Gasteiger partial charge in [-0.2, -0.15) is 0 Å². The molecule has 134 valence electrons. The van der Waals surface area contributed by atoms with Crippen molar-refractivity contribution < 1.29 is 33.3 Å². The Labute approximate surface area is 139 Å². The van der Waals surface area contributed by atoms with Crippen LogP contribution < -0.4 is 11.2 Å². The van der Waals surface area contributed by atoms with Crippen LogP contribution in [0.1, 0.15) is 20.1 Å². The Morgan fingerprint density at radius 3 is 2.40 bits per heavy atom. The standard InChI is InChI=1S/C14H14N2O9/c1-5(17)22-10-8-9(11(13(20)25-8)23-6(2)18)24-12(10)16-4-3-7(19)15-14(16)21/h3-4,8-12H,1-2H3,(H,15,19,21)/t8-,9+,10+,11+,12-/m1/s1. The minimum Gasteiger partial charge on any atom is -0.454 e. The lowest BCUT2D eigenvalue weighted by Gasteiger charge is -2.22. The average molecular weight is 354 g/mol. The van der Waals surface area contributed by atoms with Gasteiger partial charge < -0.3 is 18.9 Å². The average Bonchev–Trinajstić information content (AvgIpc) is 2.97. The maximum atomic E-state index is 12.0. The Hall–Kier alpha value is -2.95. The molecule has 0 aromatic carbocycles. The fourth-order valence-corrected chi connectivity index (χ4v) is 2.84. The van der Waals surface area contributed by atoms with Crippen molar-refractivity contribution >= 4 is 17.9 Å². The Morgan fingerprint density at radius 1 is 1.12 bits per heavy atom. The number of rotatable bonds is 3. The zero-order chi connectivity index (χ0) is 18.3. The summed E-state index contributed by atoms with van der Waals surface area (Å²) in [4.78, 5) is 59.7. The van der Waals surface area contributed by atoms with E-state index in [1.165, 1.54) is 0 Å². The van der Waals surface area contributed by atoms with Gasteiger partial charge >= 0.3 is 23.6 Å². The summed E-state index contributed by atoms with van der Waals surface area (Å²) >= 11 is 0. The van der Waals surface area contributed by atoms with Gasteiger partial charge in [0.25, 0.3) is 5.56 Å². The van der Waals surface area contributed by atoms with Gasteiger partial charge in [-0.1, -0.05) is 0 Å². The van der Waals surface area contributed by atoms with Gasteiger partial charge in [0.1, 0.15) is 6.10 Å². The topological polar surface area (TPSA) is 143 Å². The van der Waals surface area contributed by atoms with Crippen LogP contribution in [0, 0.1) is 0 Å². The maximum absolute atomic E-state index is 12.0. The minimum absolute atomic E-state index is 0.618. The summed E-state index contributed by atoms with van der Waals surface area (Å²) in [6, 6.07) is 1.08. The number of hydrogen-bond acceptors (Lipinski definition) is 9. The van der Waals surface area contributed by atoms with E-state index in [1.54, 1.807) is 0 Å². The van der Waals surface area contributed by atoms with Crippen LogP contribution in [0.5, 0.6) is 0 Å². The summed E-state index contributed by atoms with van der Waals surface area (Å²) in [5.41, 5.74) is -1.42. The lowest BCUT2D eigenvalue weighted by molar-refractivity contribution is -0.174. The van der Waals surface area contributed by atoms with Gasteiger partial charge in [0.2, 0.25) is 6.10 Å². The molecule has 0 unspecified atom stereocenters. The minimum atomic E-state index is -1.34. The molecule has 11 nitrogen and oxygen atoms in total. The van der Waals surface area contributed by atoms with Crippen molar-refractivity contribution in [2.24, 2.45) is 0 Å². The van der Waals surface area contributed by atoms with E-state index in [0.717, 1.165) is 30.7 Å². The first-order valence-corrected chi connectivity index (χ1v) is 7.30. The first-order valence-electron chi connectivity index (χ1n) is 7.30. The molecule has 0 spiro atoms. The highest BCUT2D eigenvalue weighted by Gasteiger charge is 2.61. The largest absolute Gasteiger partial charge is 0.454 e. The number of esters is 3. The molecular weight excluding hydrogens is 340 g/mol. The molecule has 1 aromatic heterocycles. The first kappa shape index (κ1) is 16.9. The summed E-state index contributed by atoms with van der Waals surface area (Å²) in [6.07, 6.45) is -4.64. The van der Waals surface area contributed by atoms with E-state index in [0.29, 0.717) is 0 Å². The molecule has 2 aliphatic rings. The van der Waals surface area contributed by atoms with Gasteiger partial charge in [0, 0.05) is 26.1 Å². The highest BCUT2D eigenvalue weighted by molar-refractivity contribution is 5.81. The number of hydrogen-bond donors (Lipinski definition) is 1. The predicted molar refractivity (Wildman–Crippen MR) is 76.2 cm³/mol. The number of nitrogens with one attached hydrogen (secondary N) is 1. The quantitative estimate of drug-likeness (QED) is 0.492. The van der Waals surface area contributed by atoms with Crippen LogP contribution in [0.15, 0.2) is 21.9 Å². The molecule has 2 saturated heterocycles. The number of aromatic nitrogens is 2. The van der Waals surface area contributed by atoms with Crippen molar-refractivity contribution in [2.45, 2.75) is 44.5 Å². The van der Waals surface area contributed by atoms with Gasteiger partial charge in [-0.15, -0.1) is 0 Å². The van der Waals surface area contributed by atoms with Crippen molar-refractivity contribution in [3.63, 3.8) is 0 Å². The Balaban J connectivity index is 1.97. The van der Waals surface area contributed by atoms with E-state index in [1.807, 2.05) is 4.98 Å². The maximum Gasteiger partial charge on any atom is 0.350 e. The molecule has 1 aromatic rings. The molecule has 3 heterocycles. The number of H-pyrrole nitrogens is 1. The second-order valence-electron chi connectivity index (χ2n) is 5.51. The molecule has 2 aliphatic heterocycles. The molecule has 0 radical (unpaired) electrons. The molecule has 25 heavy (non-hydrogen) atoms. The van der Waals surface area contributed by atoms with Crippen LogP contribution in [0.3, 0.4) is 0 Å². The SMILES string of the molecule is CC(=O)O[C@H]1[C@@H]2OC(=O)[C@@H](OC(C)=O)[C@H]2O[C@H]1n1ccc(=O)[nH]c1=O. The van der Waals surface area contributed by atoms with Gasteiger partial charge in [-0.05, 0) is 0 Å². The van der Waals surface area contributed by atoms with Crippen LogP contribution in [0.2, 0.25) is 0 Å². The fourth-order valence-electron chi connectivity index (χ4n) is 2.84. The zero-order valence-electron chi connectivity index (χ0n) is 13.2. The second kappa shape index (κ2) is 6.16. The summed E-state index contributed by atoms with van der Waals surface area (Å²) < 4.78 is 21.8. The highest BCUT2D eigenvalue weighted by atomic mass is 16.7. The number of fused-ring (bicyclic) bond motifs is 1. The lowest BCUT2D eigenvalue weighted by atomic mass is 10.1. The molecule has 0 saturated carbocycles. The lowest BCUT2D eigenvalue weighted by Crippen LogP contribution is -2.40. The van der Waals surface area contributed by atoms with Gasteiger partial charge in [0.05, 0.1) is 0 Å². The van der Waals surface area contributed by atoms with Gasteiger partial charge in [0.15, 0.2) is 18.4 Å². The summed E-state index contributed by atoms with van der Waals surface area (Å²) in [7, 11) is 0. The van der Waals surface area contributed by atoms with Crippen molar-refractivity contribution in [3.05, 3.63) is 33.1 Å². The van der Waals surface area contributed by atoms with Crippen molar-refractivity contribution in [2.75, 3.05) is 0 Å². The molecule has 2 fully saturated rings. The normalized spacial score (nSPS) is 30.5. The van der Waals surface area contributed by atoms with E-state index in [9.17, 15) is 24.0 Å². The molecule has 1 N–H and O–H groups in total. The number of aromatic amines is 1. The molecule has 0 amide bonds. The molecule has 3 rings (SSSR count). The smallest absolute Gasteiger partial charge is 0.350 e. The summed E-state index contributed by atoms with van der Waals surface area (Å²) in [6.45, 7) is 2.25. The Kier molecular flexibility index (Phi) is 4.17. The van der Waals surface area contributed by atoms with Crippen molar-refractivity contribution in [1.82, 2.24) is 9.55 Å². The van der Waals surface area contributed by atoms with Crippen LogP contribution in [-0.4, -0.2) is 51.9 Å². The molecular formula is C14H14N2O9. The zero-order valence-corrected chi connectivity index (χ0v) is 13.2. The third-order valence-electron chi connectivity index (χ3n) is 3.73. The molecule has 5 atom stereocenters. The highest BCUT2D eigenvalue weighted by Crippen LogP contribution is 2.39. The molecule has 11 heteroatoms. The monoisotopic (exact) mass is 354 g/mol. The van der Waals surface area contributed by atoms with E-state index in [-0.39, 0.29) is 0 Å². The fraction of sp³-hybridized carbons (Fsp3) is 0.500. The van der Waals surface area contributed by atoms with E-state index in [4.69, 9.17) is 18.9 Å². The predicted octanol–water partition coefficient (Wildman–Crippen LogP) is -1.78. The first-order chi connectivity index (χ1) is 11.8. The van der Waals surface area contributed by atoms with E-state index in [2.05, 4.69) is 0 Å². The van der Waals surface area contributed by atoms with Crippen LogP contribution >= 0.6 is 0 Å². The second-order valence-corrected chi connectivity index (χ2v) is 5.51. The Morgan fingerprint density at radius 2 is 1.80 bits per heavy atom. The Bertz CT molecular complexity index is 841. The number of ether oxygens (including phenoxy) is 4. The third kappa shape index (κ3) is 3.05. The molecule has 0 aliphatic carbocycles. The van der Waals surface area contributed by atoms with Crippen LogP contribution in [-0.2, 0) is 33.3 Å². The van der Waals surface area contributed by atoms with Gasteiger partial charge in [-0.25, -0.2) is 9.59 Å². The van der Waals surface area contributed by atoms with Crippen LogP contribution in [0.25, 0.3) is 0 Å². The number of carbonyl (C=O) groups is 3. The van der Waals surface area contributed by atoms with Crippen molar-refractivity contribution in [1.29, 1.82) is 0 Å². The summed E-state index contributed by atoms with van der Waals surface area (Å²) in [5.74, 6) is -2.25. The van der Waals surface area contributed by atoms with E-state index >= 15 is 0 Å². The number of carbonyl (C=O) groups excluding carboxylic acids is 3. The third-order valence-corrected chi connectivity index (χ3v) is 3.73. The van der Waals surface area contributed by atoms with E-state index < -0.39 is 59.8 Å². The molecule has 0 bridgehead atoms. The van der Waals surface area contributed by atoms with Gasteiger partial charge in [-0.3, -0.25) is 23.9 Å². The van der Waals surface area contributed by atoms with Crippen molar-refractivity contribution in [3.8, 4) is 0 Å². The number of nitrogens with zero attached hydrogens (tertiary/aromatic N) is 1. The van der Waals surface area contributed by atoms with Crippen LogP contribution in [0.4, 0.5) is 0 Å². The summed E-state index contributed by atoms with van der Waals surface area (Å²) in [5, 5.41) is 0.